The fourth-order valence-corrected chi connectivity index (χ4v) is 2.29. The van der Waals surface area contributed by atoms with Gasteiger partial charge in [-0.2, -0.15) is 11.8 Å². The van der Waals surface area contributed by atoms with Crippen LogP contribution in [0.5, 0.6) is 0 Å². The Kier molecular flexibility index (Phi) is 4.31. The standard InChI is InChI=1S/C13H18N2S/c1-16-9-3-7-14-10-12-5-2-4-11-6-8-15-13(11)12/h2,4-6,8,14-15H,3,7,9-10H2,1H3. The van der Waals surface area contributed by atoms with E-state index in [1.54, 1.807) is 0 Å². The van der Waals surface area contributed by atoms with Gasteiger partial charge in [-0.3, -0.25) is 0 Å². The molecule has 2 nitrogen and oxygen atoms in total. The van der Waals surface area contributed by atoms with Crippen molar-refractivity contribution in [3.8, 4) is 0 Å². The van der Waals surface area contributed by atoms with E-state index in [-0.39, 0.29) is 0 Å². The van der Waals surface area contributed by atoms with Crippen molar-refractivity contribution in [3.63, 3.8) is 0 Å². The number of rotatable bonds is 6. The first kappa shape index (κ1) is 11.6. The van der Waals surface area contributed by atoms with E-state index in [9.17, 15) is 0 Å². The largest absolute Gasteiger partial charge is 0.361 e. The molecule has 0 fully saturated rings. The summed E-state index contributed by atoms with van der Waals surface area (Å²) < 4.78 is 0. The highest BCUT2D eigenvalue weighted by Gasteiger charge is 2.00. The minimum Gasteiger partial charge on any atom is -0.361 e. The zero-order valence-electron chi connectivity index (χ0n) is 9.62. The second-order valence-electron chi connectivity index (χ2n) is 3.88. The number of hydrogen-bond acceptors (Lipinski definition) is 2. The minimum absolute atomic E-state index is 0.951. The summed E-state index contributed by atoms with van der Waals surface area (Å²) in [5, 5.41) is 4.78. The molecule has 0 spiro atoms. The van der Waals surface area contributed by atoms with E-state index in [1.165, 1.54) is 28.6 Å². The molecule has 16 heavy (non-hydrogen) atoms. The number of nitrogens with one attached hydrogen (secondary N) is 2. The predicted octanol–water partition coefficient (Wildman–Crippen LogP) is 3.01. The van der Waals surface area contributed by atoms with Crippen LogP contribution in [-0.2, 0) is 6.54 Å². The van der Waals surface area contributed by atoms with Gasteiger partial charge in [0.1, 0.15) is 0 Å². The topological polar surface area (TPSA) is 27.8 Å². The molecule has 2 aromatic rings. The Morgan fingerprint density at radius 1 is 1.31 bits per heavy atom. The highest BCUT2D eigenvalue weighted by atomic mass is 32.2. The number of para-hydroxylation sites is 1. The Balaban J connectivity index is 1.91. The van der Waals surface area contributed by atoms with Gasteiger partial charge in [-0.25, -0.2) is 0 Å². The van der Waals surface area contributed by atoms with Crippen LogP contribution in [0.2, 0.25) is 0 Å². The first-order valence-electron chi connectivity index (χ1n) is 5.66. The van der Waals surface area contributed by atoms with Crippen LogP contribution in [0.4, 0.5) is 0 Å². The molecule has 0 bridgehead atoms. The number of hydrogen-bond donors (Lipinski definition) is 2. The third kappa shape index (κ3) is 2.80. The first-order valence-corrected chi connectivity index (χ1v) is 7.06. The summed E-state index contributed by atoms with van der Waals surface area (Å²) in [4.78, 5) is 3.30. The van der Waals surface area contributed by atoms with Crippen LogP contribution in [0.1, 0.15) is 12.0 Å². The van der Waals surface area contributed by atoms with Crippen molar-refractivity contribution in [3.05, 3.63) is 36.0 Å². The van der Waals surface area contributed by atoms with Crippen LogP contribution in [0.15, 0.2) is 30.5 Å². The van der Waals surface area contributed by atoms with Gasteiger partial charge in [-0.05, 0) is 42.0 Å². The SMILES string of the molecule is CSCCCNCc1cccc2cc[nH]c12. The van der Waals surface area contributed by atoms with Crippen LogP contribution in [0.25, 0.3) is 10.9 Å². The van der Waals surface area contributed by atoms with E-state index >= 15 is 0 Å². The summed E-state index contributed by atoms with van der Waals surface area (Å²) >= 11 is 1.91. The van der Waals surface area contributed by atoms with E-state index in [0.29, 0.717) is 0 Å². The predicted molar refractivity (Wildman–Crippen MR) is 73.0 cm³/mol. The van der Waals surface area contributed by atoms with E-state index in [2.05, 4.69) is 40.8 Å². The quantitative estimate of drug-likeness (QED) is 0.752. The molecule has 0 aliphatic rings. The lowest BCUT2D eigenvalue weighted by atomic mass is 10.1. The number of aromatic nitrogens is 1. The molecule has 0 saturated heterocycles. The van der Waals surface area contributed by atoms with Crippen LogP contribution in [0, 0.1) is 0 Å². The maximum atomic E-state index is 3.49. The number of H-pyrrole nitrogens is 1. The van der Waals surface area contributed by atoms with Gasteiger partial charge < -0.3 is 10.3 Å². The van der Waals surface area contributed by atoms with Gasteiger partial charge in [0, 0.05) is 18.3 Å². The molecule has 0 atom stereocenters. The molecule has 0 aliphatic heterocycles. The van der Waals surface area contributed by atoms with Gasteiger partial charge in [-0.1, -0.05) is 18.2 Å². The fraction of sp³-hybridized carbons (Fsp3) is 0.385. The normalized spacial score (nSPS) is 11.1. The van der Waals surface area contributed by atoms with Gasteiger partial charge in [0.25, 0.3) is 0 Å². The molecule has 2 rings (SSSR count). The highest BCUT2D eigenvalue weighted by molar-refractivity contribution is 7.98. The molecular weight excluding hydrogens is 216 g/mol. The lowest BCUT2D eigenvalue weighted by Crippen LogP contribution is -2.15. The smallest absolute Gasteiger partial charge is 0.0499 e. The molecule has 0 radical (unpaired) electrons. The molecule has 3 heteroatoms. The molecule has 0 aliphatic carbocycles. The Bertz CT molecular complexity index is 436. The third-order valence-corrected chi connectivity index (χ3v) is 3.39. The van der Waals surface area contributed by atoms with Crippen molar-refractivity contribution in [2.75, 3.05) is 18.6 Å². The van der Waals surface area contributed by atoms with Crippen LogP contribution in [-0.4, -0.2) is 23.5 Å². The van der Waals surface area contributed by atoms with Crippen molar-refractivity contribution in [1.29, 1.82) is 0 Å². The Labute approximate surface area is 101 Å². The number of fused-ring (bicyclic) bond motifs is 1. The molecule has 0 saturated carbocycles. The third-order valence-electron chi connectivity index (χ3n) is 2.69. The second-order valence-corrected chi connectivity index (χ2v) is 4.87. The van der Waals surface area contributed by atoms with Crippen molar-refractivity contribution >= 4 is 22.7 Å². The van der Waals surface area contributed by atoms with Gasteiger partial charge in [0.05, 0.1) is 0 Å². The van der Waals surface area contributed by atoms with Gasteiger partial charge >= 0.3 is 0 Å². The molecule has 86 valence electrons. The molecule has 1 aromatic heterocycles. The first-order chi connectivity index (χ1) is 7.92. The van der Waals surface area contributed by atoms with Crippen molar-refractivity contribution in [1.82, 2.24) is 10.3 Å². The Morgan fingerprint density at radius 2 is 2.25 bits per heavy atom. The molecule has 2 N–H and O–H groups in total. The molecule has 0 amide bonds. The summed E-state index contributed by atoms with van der Waals surface area (Å²) in [6.07, 6.45) is 5.39. The number of thioether (sulfide) groups is 1. The molecular formula is C13H18N2S. The summed E-state index contributed by atoms with van der Waals surface area (Å²) in [5.74, 6) is 1.24. The van der Waals surface area contributed by atoms with Crippen LogP contribution < -0.4 is 5.32 Å². The summed E-state index contributed by atoms with van der Waals surface area (Å²) in [7, 11) is 0. The van der Waals surface area contributed by atoms with Gasteiger partial charge in [0.2, 0.25) is 0 Å². The fourth-order valence-electron chi connectivity index (χ4n) is 1.86. The van der Waals surface area contributed by atoms with E-state index in [1.807, 2.05) is 18.0 Å². The molecule has 0 unspecified atom stereocenters. The van der Waals surface area contributed by atoms with E-state index < -0.39 is 0 Å². The number of aromatic amines is 1. The van der Waals surface area contributed by atoms with Crippen LogP contribution in [0.3, 0.4) is 0 Å². The van der Waals surface area contributed by atoms with Crippen molar-refractivity contribution in [2.45, 2.75) is 13.0 Å². The lowest BCUT2D eigenvalue weighted by molar-refractivity contribution is 0.681. The summed E-state index contributed by atoms with van der Waals surface area (Å²) in [5.41, 5.74) is 2.62. The lowest BCUT2D eigenvalue weighted by Gasteiger charge is -2.05. The zero-order valence-corrected chi connectivity index (χ0v) is 10.4. The second kappa shape index (κ2) is 5.97. The Morgan fingerprint density at radius 3 is 3.12 bits per heavy atom. The zero-order chi connectivity index (χ0) is 11.2. The van der Waals surface area contributed by atoms with Crippen LogP contribution >= 0.6 is 11.8 Å². The van der Waals surface area contributed by atoms with Gasteiger partial charge in [-0.15, -0.1) is 0 Å². The summed E-state index contributed by atoms with van der Waals surface area (Å²) in [6.45, 7) is 2.05. The molecule has 1 heterocycles. The monoisotopic (exact) mass is 234 g/mol. The van der Waals surface area contributed by atoms with Crippen molar-refractivity contribution in [2.24, 2.45) is 0 Å². The van der Waals surface area contributed by atoms with E-state index in [0.717, 1.165) is 13.1 Å². The molecule has 1 aromatic carbocycles. The highest BCUT2D eigenvalue weighted by Crippen LogP contribution is 2.16. The number of benzene rings is 1. The Hall–Kier alpha value is -0.930. The maximum absolute atomic E-state index is 3.49. The van der Waals surface area contributed by atoms with Crippen molar-refractivity contribution < 1.29 is 0 Å². The average Bonchev–Trinajstić information content (AvgIpc) is 2.77. The van der Waals surface area contributed by atoms with Gasteiger partial charge in [0.15, 0.2) is 0 Å². The van der Waals surface area contributed by atoms with E-state index in [4.69, 9.17) is 0 Å². The maximum Gasteiger partial charge on any atom is 0.0499 e. The summed E-state index contributed by atoms with van der Waals surface area (Å²) in [6, 6.07) is 8.56. The minimum atomic E-state index is 0.951. The average molecular weight is 234 g/mol.